The van der Waals surface area contributed by atoms with Crippen LogP contribution in [0.5, 0.6) is 11.5 Å². The van der Waals surface area contributed by atoms with Gasteiger partial charge in [0.25, 0.3) is 0 Å². The van der Waals surface area contributed by atoms with Crippen molar-refractivity contribution in [2.24, 2.45) is 0 Å². The van der Waals surface area contributed by atoms with Crippen LogP contribution in [0.25, 0.3) is 27.1 Å². The van der Waals surface area contributed by atoms with Crippen LogP contribution >= 0.6 is 0 Å². The van der Waals surface area contributed by atoms with Gasteiger partial charge in [-0.15, -0.1) is 0 Å². The first-order valence-corrected chi connectivity index (χ1v) is 12.8. The van der Waals surface area contributed by atoms with Gasteiger partial charge in [0.05, 0.1) is 0 Å². The quantitative estimate of drug-likeness (QED) is 0.197. The molecule has 38 heavy (non-hydrogen) atoms. The number of hydrogen-bond donors (Lipinski definition) is 0. The molecule has 0 spiro atoms. The molecule has 2 nitrogen and oxygen atoms in total. The first-order chi connectivity index (χ1) is 18.7. The molecule has 0 aliphatic rings. The summed E-state index contributed by atoms with van der Waals surface area (Å²) in [6.45, 7) is 5.31. The summed E-state index contributed by atoms with van der Waals surface area (Å²) < 4.78 is 12.8. The molecule has 0 fully saturated rings. The highest BCUT2D eigenvalue weighted by Crippen LogP contribution is 2.39. The molecular formula is C36H28O2. The molecule has 0 aliphatic heterocycles. The normalized spacial score (nSPS) is 10.9. The first-order valence-electron chi connectivity index (χ1n) is 12.8. The van der Waals surface area contributed by atoms with Crippen LogP contribution in [0, 0.1) is 0 Å². The van der Waals surface area contributed by atoms with E-state index in [1.807, 2.05) is 60.7 Å². The van der Waals surface area contributed by atoms with Gasteiger partial charge in [0.2, 0.25) is 0 Å². The zero-order valence-corrected chi connectivity index (χ0v) is 21.1. The Hall–Kier alpha value is -4.82. The van der Waals surface area contributed by atoms with Crippen LogP contribution in [0.4, 0.5) is 0 Å². The summed E-state index contributed by atoms with van der Waals surface area (Å²) in [6.07, 6.45) is 0. The lowest BCUT2D eigenvalue weighted by Gasteiger charge is -2.17. The van der Waals surface area contributed by atoms with Crippen LogP contribution in [0.1, 0.15) is 22.3 Å². The van der Waals surface area contributed by atoms with Gasteiger partial charge in [-0.1, -0.05) is 116 Å². The van der Waals surface area contributed by atoms with Crippen LogP contribution in [0.2, 0.25) is 0 Å². The fourth-order valence-corrected chi connectivity index (χ4v) is 4.75. The Morgan fingerprint density at radius 2 is 1.11 bits per heavy atom. The van der Waals surface area contributed by atoms with Gasteiger partial charge in [-0.3, -0.25) is 0 Å². The maximum Gasteiger partial charge on any atom is 0.169 e. The van der Waals surface area contributed by atoms with Crippen molar-refractivity contribution in [2.45, 2.75) is 13.2 Å². The van der Waals surface area contributed by atoms with Gasteiger partial charge >= 0.3 is 0 Å². The fraction of sp³-hybridized carbons (Fsp3) is 0.0556. The molecule has 0 aromatic heterocycles. The van der Waals surface area contributed by atoms with Gasteiger partial charge in [-0.05, 0) is 68.3 Å². The Morgan fingerprint density at radius 1 is 0.500 bits per heavy atom. The predicted octanol–water partition coefficient (Wildman–Crippen LogP) is 9.21. The number of rotatable bonds is 8. The number of benzene rings is 6. The molecule has 0 saturated heterocycles. The summed E-state index contributed by atoms with van der Waals surface area (Å²) >= 11 is 0. The van der Waals surface area contributed by atoms with E-state index in [0.29, 0.717) is 13.2 Å². The Bertz CT molecular complexity index is 1710. The van der Waals surface area contributed by atoms with E-state index in [2.05, 4.69) is 79.4 Å². The summed E-state index contributed by atoms with van der Waals surface area (Å²) in [5.74, 6) is 1.50. The van der Waals surface area contributed by atoms with Crippen LogP contribution < -0.4 is 9.47 Å². The molecule has 0 N–H and O–H groups in total. The number of hydrogen-bond acceptors (Lipinski definition) is 2. The lowest BCUT2D eigenvalue weighted by molar-refractivity contribution is 0.259. The van der Waals surface area contributed by atoms with Crippen LogP contribution in [-0.2, 0) is 13.2 Å². The second kappa shape index (κ2) is 10.7. The highest BCUT2D eigenvalue weighted by atomic mass is 16.5. The molecule has 6 aromatic rings. The van der Waals surface area contributed by atoms with Crippen molar-refractivity contribution in [3.05, 3.63) is 162 Å². The molecule has 2 heteroatoms. The lowest BCUT2D eigenvalue weighted by Crippen LogP contribution is -2.01. The van der Waals surface area contributed by atoms with E-state index >= 15 is 0 Å². The van der Waals surface area contributed by atoms with Crippen molar-refractivity contribution in [1.82, 2.24) is 0 Å². The van der Waals surface area contributed by atoms with Gasteiger partial charge in [0.1, 0.15) is 13.2 Å². The van der Waals surface area contributed by atoms with E-state index in [0.717, 1.165) is 55.5 Å². The number of ether oxygens (including phenoxy) is 2. The van der Waals surface area contributed by atoms with E-state index in [1.165, 1.54) is 5.39 Å². The van der Waals surface area contributed by atoms with Crippen LogP contribution in [0.15, 0.2) is 140 Å². The van der Waals surface area contributed by atoms with E-state index in [-0.39, 0.29) is 0 Å². The van der Waals surface area contributed by atoms with Crippen molar-refractivity contribution in [2.75, 3.05) is 0 Å². The topological polar surface area (TPSA) is 18.5 Å². The SMILES string of the molecule is C=C(c1ccccc1)c1ccc2cc3ccc(OCc4ccccc4)c(OCc4ccccc4)c3cc2c1. The summed E-state index contributed by atoms with van der Waals surface area (Å²) in [5, 5.41) is 4.45. The molecule has 0 unspecified atom stereocenters. The lowest BCUT2D eigenvalue weighted by atomic mass is 9.95. The molecular weight excluding hydrogens is 464 g/mol. The third kappa shape index (κ3) is 5.02. The smallest absolute Gasteiger partial charge is 0.169 e. The molecule has 0 saturated carbocycles. The molecule has 0 atom stereocenters. The summed E-state index contributed by atoms with van der Waals surface area (Å²) in [7, 11) is 0. The fourth-order valence-electron chi connectivity index (χ4n) is 4.75. The Morgan fingerprint density at radius 3 is 1.79 bits per heavy atom. The van der Waals surface area contributed by atoms with Crippen molar-refractivity contribution in [1.29, 1.82) is 0 Å². The first kappa shape index (κ1) is 23.6. The van der Waals surface area contributed by atoms with Gasteiger partial charge in [-0.25, -0.2) is 0 Å². The monoisotopic (exact) mass is 492 g/mol. The molecule has 6 rings (SSSR count). The van der Waals surface area contributed by atoms with Crippen LogP contribution in [0.3, 0.4) is 0 Å². The maximum atomic E-state index is 6.48. The third-order valence-corrected chi connectivity index (χ3v) is 6.83. The summed E-state index contributed by atoms with van der Waals surface area (Å²) in [4.78, 5) is 0. The molecule has 6 aromatic carbocycles. The largest absolute Gasteiger partial charge is 0.485 e. The Balaban J connectivity index is 1.41. The zero-order chi connectivity index (χ0) is 25.7. The predicted molar refractivity (Wildman–Crippen MR) is 158 cm³/mol. The molecule has 0 amide bonds. The van der Waals surface area contributed by atoms with Gasteiger partial charge < -0.3 is 9.47 Å². The van der Waals surface area contributed by atoms with Gasteiger partial charge in [0.15, 0.2) is 11.5 Å². The minimum atomic E-state index is 0.463. The van der Waals surface area contributed by atoms with Crippen molar-refractivity contribution >= 4 is 27.1 Å². The number of fused-ring (bicyclic) bond motifs is 2. The van der Waals surface area contributed by atoms with E-state index < -0.39 is 0 Å². The molecule has 0 heterocycles. The van der Waals surface area contributed by atoms with Crippen LogP contribution in [-0.4, -0.2) is 0 Å². The molecule has 184 valence electrons. The minimum Gasteiger partial charge on any atom is -0.485 e. The van der Waals surface area contributed by atoms with E-state index in [4.69, 9.17) is 9.47 Å². The Labute approximate surface area is 223 Å². The highest BCUT2D eigenvalue weighted by molar-refractivity contribution is 6.03. The Kier molecular flexibility index (Phi) is 6.61. The van der Waals surface area contributed by atoms with E-state index in [1.54, 1.807) is 0 Å². The van der Waals surface area contributed by atoms with Crippen molar-refractivity contribution < 1.29 is 9.47 Å². The van der Waals surface area contributed by atoms with Crippen molar-refractivity contribution in [3.8, 4) is 11.5 Å². The molecule has 0 aliphatic carbocycles. The maximum absolute atomic E-state index is 6.48. The third-order valence-electron chi connectivity index (χ3n) is 6.83. The minimum absolute atomic E-state index is 0.463. The van der Waals surface area contributed by atoms with Gasteiger partial charge in [0, 0.05) is 5.39 Å². The highest BCUT2D eigenvalue weighted by Gasteiger charge is 2.14. The average Bonchev–Trinajstić information content (AvgIpc) is 2.99. The molecule has 0 radical (unpaired) electrons. The standard InChI is InChI=1S/C36H28O2/c1-26(29-15-9-4-10-16-29)30-17-18-31-22-32-19-20-35(37-24-27-11-5-2-6-12-27)36(34(32)23-33(31)21-30)38-25-28-13-7-3-8-14-28/h2-23H,1,24-25H2. The summed E-state index contributed by atoms with van der Waals surface area (Å²) in [6, 6.07) is 45.8. The van der Waals surface area contributed by atoms with E-state index in [9.17, 15) is 0 Å². The van der Waals surface area contributed by atoms with Crippen molar-refractivity contribution in [3.63, 3.8) is 0 Å². The van der Waals surface area contributed by atoms with Gasteiger partial charge in [-0.2, -0.15) is 0 Å². The average molecular weight is 493 g/mol. The second-order valence-corrected chi connectivity index (χ2v) is 9.42. The summed E-state index contributed by atoms with van der Waals surface area (Å²) in [5.41, 5.74) is 5.46. The zero-order valence-electron chi connectivity index (χ0n) is 21.1. The molecule has 0 bridgehead atoms. The second-order valence-electron chi connectivity index (χ2n) is 9.42.